The van der Waals surface area contributed by atoms with Crippen molar-refractivity contribution in [3.8, 4) is 0 Å². The van der Waals surface area contributed by atoms with Crippen molar-refractivity contribution in [2.45, 2.75) is 45.9 Å². The van der Waals surface area contributed by atoms with Crippen molar-refractivity contribution >= 4 is 17.7 Å². The third kappa shape index (κ3) is 9.53. The minimum Gasteiger partial charge on any atom is -0.374 e. The largest absolute Gasteiger partial charge is 0.374 e. The van der Waals surface area contributed by atoms with Crippen molar-refractivity contribution < 1.29 is 9.53 Å². The lowest BCUT2D eigenvalue weighted by Gasteiger charge is -2.15. The zero-order valence-electron chi connectivity index (χ0n) is 18.9. The van der Waals surface area contributed by atoms with Crippen molar-refractivity contribution in [1.29, 1.82) is 0 Å². The molecule has 0 radical (unpaired) electrons. The van der Waals surface area contributed by atoms with E-state index in [2.05, 4.69) is 45.3 Å². The average Bonchev–Trinajstić information content (AvgIpc) is 2.76. The molecule has 4 N–H and O–H groups in total. The fourth-order valence-electron chi connectivity index (χ4n) is 2.90. The van der Waals surface area contributed by atoms with Crippen LogP contribution in [0.4, 0.5) is 10.5 Å². The molecule has 0 aromatic heterocycles. The van der Waals surface area contributed by atoms with Gasteiger partial charge in [0.05, 0.1) is 6.10 Å². The van der Waals surface area contributed by atoms with E-state index in [0.29, 0.717) is 13.2 Å². The Morgan fingerprint density at radius 3 is 2.35 bits per heavy atom. The molecule has 168 valence electrons. The quantitative estimate of drug-likeness (QED) is 0.263. The Labute approximate surface area is 185 Å². The molecule has 2 rings (SSSR count). The Kier molecular flexibility index (Phi) is 10.4. The number of hydrogen-bond acceptors (Lipinski definition) is 3. The number of nitrogens with one attached hydrogen (secondary N) is 4. The first-order valence-electron chi connectivity index (χ1n) is 10.8. The summed E-state index contributed by atoms with van der Waals surface area (Å²) in [7, 11) is 1.75. The van der Waals surface area contributed by atoms with E-state index in [9.17, 15) is 4.79 Å². The molecule has 0 spiro atoms. The molecule has 0 bridgehead atoms. The molecule has 0 heterocycles. The van der Waals surface area contributed by atoms with Crippen molar-refractivity contribution in [1.82, 2.24) is 16.0 Å². The first-order valence-corrected chi connectivity index (χ1v) is 10.8. The second kappa shape index (κ2) is 13.3. The van der Waals surface area contributed by atoms with E-state index in [1.165, 1.54) is 5.56 Å². The molecule has 0 saturated carbocycles. The Balaban J connectivity index is 1.65. The molecule has 2 aromatic carbocycles. The summed E-state index contributed by atoms with van der Waals surface area (Å²) in [5.74, 6) is 0.745. The molecule has 2 amide bonds. The first kappa shape index (κ1) is 24.2. The van der Waals surface area contributed by atoms with Crippen LogP contribution in [0.2, 0.25) is 0 Å². The molecule has 0 saturated heterocycles. The molecule has 0 aliphatic rings. The van der Waals surface area contributed by atoms with Crippen molar-refractivity contribution in [3.05, 3.63) is 65.7 Å². The zero-order chi connectivity index (χ0) is 22.5. The monoisotopic (exact) mass is 425 g/mol. The summed E-state index contributed by atoms with van der Waals surface area (Å²) in [4.78, 5) is 16.0. The van der Waals surface area contributed by atoms with Crippen LogP contribution in [-0.4, -0.2) is 38.2 Å². The number of anilines is 1. The van der Waals surface area contributed by atoms with Gasteiger partial charge in [0.1, 0.15) is 0 Å². The lowest BCUT2D eigenvalue weighted by Crippen LogP contribution is -2.37. The summed E-state index contributed by atoms with van der Waals surface area (Å²) in [5.41, 5.74) is 3.04. The molecule has 0 fully saturated rings. The van der Waals surface area contributed by atoms with E-state index in [1.54, 1.807) is 7.05 Å². The highest BCUT2D eigenvalue weighted by Crippen LogP contribution is 2.15. The van der Waals surface area contributed by atoms with Crippen LogP contribution in [0.1, 0.15) is 44.4 Å². The number of ether oxygens (including phenoxy) is 1. The number of benzene rings is 2. The maximum atomic E-state index is 11.8. The van der Waals surface area contributed by atoms with Crippen molar-refractivity contribution in [3.63, 3.8) is 0 Å². The molecule has 7 heteroatoms. The minimum atomic E-state index is -0.201. The normalized spacial score (nSPS) is 12.4. The van der Waals surface area contributed by atoms with Gasteiger partial charge in [0.25, 0.3) is 0 Å². The van der Waals surface area contributed by atoms with Crippen LogP contribution >= 0.6 is 0 Å². The standard InChI is InChI=1S/C24H35N5O2/c1-18(2)28-24(30)29-22-13-11-20(12-14-22)17-27-23(25-4)26-15-8-16-31-19(3)21-9-6-5-7-10-21/h5-7,9-14,18-19H,8,15-17H2,1-4H3,(H2,25,26,27)(H2,28,29,30). The van der Waals surface area contributed by atoms with Gasteiger partial charge in [-0.1, -0.05) is 42.5 Å². The van der Waals surface area contributed by atoms with Gasteiger partial charge in [0.15, 0.2) is 5.96 Å². The minimum absolute atomic E-state index is 0.0903. The topological polar surface area (TPSA) is 86.8 Å². The van der Waals surface area contributed by atoms with Crippen LogP contribution in [0, 0.1) is 0 Å². The Hall–Kier alpha value is -3.06. The average molecular weight is 426 g/mol. The lowest BCUT2D eigenvalue weighted by molar-refractivity contribution is 0.0646. The second-order valence-corrected chi connectivity index (χ2v) is 7.58. The van der Waals surface area contributed by atoms with Gasteiger partial charge in [0, 0.05) is 38.5 Å². The summed E-state index contributed by atoms with van der Waals surface area (Å²) in [5, 5.41) is 12.2. The smallest absolute Gasteiger partial charge is 0.319 e. The molecular formula is C24H35N5O2. The number of nitrogens with zero attached hydrogens (tertiary/aromatic N) is 1. The van der Waals surface area contributed by atoms with Crippen molar-refractivity contribution in [2.24, 2.45) is 4.99 Å². The number of aliphatic imine (C=N–C) groups is 1. The van der Waals surface area contributed by atoms with E-state index in [4.69, 9.17) is 4.74 Å². The molecule has 0 aliphatic carbocycles. The lowest BCUT2D eigenvalue weighted by atomic mass is 10.1. The summed E-state index contributed by atoms with van der Waals surface area (Å²) >= 11 is 0. The van der Waals surface area contributed by atoms with Gasteiger partial charge < -0.3 is 26.0 Å². The molecule has 1 atom stereocenters. The van der Waals surface area contributed by atoms with Crippen LogP contribution < -0.4 is 21.3 Å². The van der Waals surface area contributed by atoms with Gasteiger partial charge in [-0.2, -0.15) is 0 Å². The van der Waals surface area contributed by atoms with E-state index in [-0.39, 0.29) is 18.2 Å². The van der Waals surface area contributed by atoms with Crippen LogP contribution in [-0.2, 0) is 11.3 Å². The van der Waals surface area contributed by atoms with E-state index in [0.717, 1.165) is 30.2 Å². The number of urea groups is 1. The highest BCUT2D eigenvalue weighted by atomic mass is 16.5. The number of carbonyl (C=O) groups is 1. The fourth-order valence-corrected chi connectivity index (χ4v) is 2.90. The van der Waals surface area contributed by atoms with Gasteiger partial charge in [0.2, 0.25) is 0 Å². The van der Waals surface area contributed by atoms with E-state index in [1.807, 2.05) is 56.3 Å². The highest BCUT2D eigenvalue weighted by Gasteiger charge is 2.05. The van der Waals surface area contributed by atoms with Gasteiger partial charge in [-0.15, -0.1) is 0 Å². The number of carbonyl (C=O) groups excluding carboxylic acids is 1. The van der Waals surface area contributed by atoms with Crippen LogP contribution in [0.3, 0.4) is 0 Å². The third-order valence-corrected chi connectivity index (χ3v) is 4.57. The Morgan fingerprint density at radius 2 is 1.71 bits per heavy atom. The maximum Gasteiger partial charge on any atom is 0.319 e. The number of rotatable bonds is 10. The summed E-state index contributed by atoms with van der Waals surface area (Å²) in [6.45, 7) is 8.01. The van der Waals surface area contributed by atoms with E-state index < -0.39 is 0 Å². The third-order valence-electron chi connectivity index (χ3n) is 4.57. The van der Waals surface area contributed by atoms with Crippen LogP contribution in [0.15, 0.2) is 59.6 Å². The van der Waals surface area contributed by atoms with Crippen molar-refractivity contribution in [2.75, 3.05) is 25.5 Å². The first-order chi connectivity index (χ1) is 15.0. The summed E-state index contributed by atoms with van der Waals surface area (Å²) < 4.78 is 5.90. The zero-order valence-corrected chi connectivity index (χ0v) is 18.9. The van der Waals surface area contributed by atoms with Gasteiger partial charge in [-0.3, -0.25) is 4.99 Å². The molecule has 31 heavy (non-hydrogen) atoms. The van der Waals surface area contributed by atoms with E-state index >= 15 is 0 Å². The summed E-state index contributed by atoms with van der Waals surface area (Å²) in [6.07, 6.45) is 0.976. The van der Waals surface area contributed by atoms with Gasteiger partial charge in [-0.25, -0.2) is 4.79 Å². The molecule has 1 unspecified atom stereocenters. The number of hydrogen-bond donors (Lipinski definition) is 4. The highest BCUT2D eigenvalue weighted by molar-refractivity contribution is 5.89. The summed E-state index contributed by atoms with van der Waals surface area (Å²) in [6, 6.07) is 17.9. The fraction of sp³-hybridized carbons (Fsp3) is 0.417. The molecule has 0 aliphatic heterocycles. The van der Waals surface area contributed by atoms with Crippen LogP contribution in [0.5, 0.6) is 0 Å². The number of amides is 2. The van der Waals surface area contributed by atoms with Crippen LogP contribution in [0.25, 0.3) is 0 Å². The molecular weight excluding hydrogens is 390 g/mol. The molecule has 2 aromatic rings. The second-order valence-electron chi connectivity index (χ2n) is 7.58. The Morgan fingerprint density at radius 1 is 1.00 bits per heavy atom. The number of guanidine groups is 1. The van der Waals surface area contributed by atoms with Gasteiger partial charge in [-0.05, 0) is 50.5 Å². The molecule has 7 nitrogen and oxygen atoms in total. The maximum absolute atomic E-state index is 11.8. The van der Waals surface area contributed by atoms with Gasteiger partial charge >= 0.3 is 6.03 Å². The predicted octanol–water partition coefficient (Wildman–Crippen LogP) is 4.05. The predicted molar refractivity (Wildman–Crippen MR) is 127 cm³/mol. The Bertz CT molecular complexity index is 806. The SMILES string of the molecule is CN=C(NCCCOC(C)c1ccccc1)NCc1ccc(NC(=O)NC(C)C)cc1.